The number of anilines is 1. The third kappa shape index (κ3) is 2.22. The van der Waals surface area contributed by atoms with Crippen LogP contribution in [0.25, 0.3) is 11.0 Å². The lowest BCUT2D eigenvalue weighted by molar-refractivity contribution is -0.162. The van der Waals surface area contributed by atoms with Crippen LogP contribution in [0.1, 0.15) is 12.0 Å². The van der Waals surface area contributed by atoms with Gasteiger partial charge in [0.05, 0.1) is 17.4 Å². The average molecular weight is 329 g/mol. The zero-order chi connectivity index (χ0) is 17.0. The summed E-state index contributed by atoms with van der Waals surface area (Å²) in [7, 11) is 0. The number of alkyl halides is 3. The Morgan fingerprint density at radius 1 is 1.43 bits per heavy atom. The third-order valence-corrected chi connectivity index (χ3v) is 3.78. The molecular weight excluding hydrogens is 319 g/mol. The molecule has 3 N–H and O–H groups in total. The first-order valence-corrected chi connectivity index (χ1v) is 6.46. The summed E-state index contributed by atoms with van der Waals surface area (Å²) in [5.74, 6) is -2.80. The molecule has 0 aliphatic carbocycles. The van der Waals surface area contributed by atoms with Gasteiger partial charge in [0.2, 0.25) is 5.60 Å². The fourth-order valence-electron chi connectivity index (χ4n) is 2.52. The predicted octanol–water partition coefficient (Wildman–Crippen LogP) is 1.13. The van der Waals surface area contributed by atoms with Gasteiger partial charge in [-0.3, -0.25) is 4.79 Å². The number of carbonyl (C=O) groups is 2. The average Bonchev–Trinajstić information content (AvgIpc) is 3.01. The first kappa shape index (κ1) is 15.3. The lowest BCUT2D eigenvalue weighted by atomic mass is 10.0. The van der Waals surface area contributed by atoms with Crippen molar-refractivity contribution < 1.29 is 33.0 Å². The number of rotatable bonds is 2. The number of carboxylic acids is 1. The molecule has 0 bridgehead atoms. The normalized spacial score (nSPS) is 22.1. The van der Waals surface area contributed by atoms with Crippen LogP contribution >= 0.6 is 0 Å². The minimum Gasteiger partial charge on any atom is -0.479 e. The predicted molar refractivity (Wildman–Crippen MR) is 70.7 cm³/mol. The van der Waals surface area contributed by atoms with E-state index < -0.39 is 29.2 Å². The number of aromatic amines is 1. The summed E-state index contributed by atoms with van der Waals surface area (Å²) < 4.78 is 38.8. The number of carbonyl (C=O) groups excluding carboxylic acids is 1. The molecule has 7 nitrogen and oxygen atoms in total. The molecular formula is C13H10F3N3O4. The van der Waals surface area contributed by atoms with Gasteiger partial charge in [-0.25, -0.2) is 9.78 Å². The summed E-state index contributed by atoms with van der Waals surface area (Å²) in [5.41, 5.74) is -3.53. The molecule has 1 saturated heterocycles. The number of fused-ring (bicyclic) bond motifs is 1. The summed E-state index contributed by atoms with van der Waals surface area (Å²) in [6, 6.07) is 1.09. The molecule has 2 aromatic heterocycles. The van der Waals surface area contributed by atoms with E-state index in [9.17, 15) is 27.9 Å². The number of pyridine rings is 1. The maximum absolute atomic E-state index is 12.9. The monoisotopic (exact) mass is 329 g/mol. The minimum absolute atomic E-state index is 0.00947. The standard InChI is InChI=1S/C13H10F3N3O4/c14-13(15,16)8-5-18-9-7(8)3-6(4-17-9)19-2-1-12(23,10(19)20)11(21)22/h3-5,23H,1-2H2,(H,17,18)(H,21,22)/t12-/m0/s1. The van der Waals surface area contributed by atoms with Crippen LogP contribution in [0.15, 0.2) is 18.5 Å². The smallest absolute Gasteiger partial charge is 0.418 e. The minimum atomic E-state index is -4.60. The first-order chi connectivity index (χ1) is 10.6. The van der Waals surface area contributed by atoms with Gasteiger partial charge in [0.25, 0.3) is 5.91 Å². The molecule has 1 atom stereocenters. The SMILES string of the molecule is O=C(O)[C@]1(O)CCN(c2cnc3[nH]cc(C(F)(F)F)c3c2)C1=O. The van der Waals surface area contributed by atoms with Crippen molar-refractivity contribution in [3.63, 3.8) is 0 Å². The fraction of sp³-hybridized carbons (Fsp3) is 0.308. The van der Waals surface area contributed by atoms with Gasteiger partial charge < -0.3 is 20.1 Å². The highest BCUT2D eigenvalue weighted by molar-refractivity contribution is 6.14. The van der Waals surface area contributed by atoms with Crippen LogP contribution < -0.4 is 4.90 Å². The molecule has 0 aromatic carbocycles. The van der Waals surface area contributed by atoms with E-state index in [1.807, 2.05) is 0 Å². The molecule has 1 aliphatic rings. The Hall–Kier alpha value is -2.62. The second-order valence-electron chi connectivity index (χ2n) is 5.16. The molecule has 23 heavy (non-hydrogen) atoms. The Labute approximate surface area is 126 Å². The summed E-state index contributed by atoms with van der Waals surface area (Å²) in [4.78, 5) is 30.2. The van der Waals surface area contributed by atoms with Crippen molar-refractivity contribution in [3.8, 4) is 0 Å². The number of aliphatic hydroxyl groups is 1. The van der Waals surface area contributed by atoms with Gasteiger partial charge in [-0.15, -0.1) is 0 Å². The van der Waals surface area contributed by atoms with Gasteiger partial charge in [0.15, 0.2) is 0 Å². The van der Waals surface area contributed by atoms with Crippen molar-refractivity contribution in [2.24, 2.45) is 0 Å². The van der Waals surface area contributed by atoms with Crippen molar-refractivity contribution >= 4 is 28.6 Å². The zero-order valence-corrected chi connectivity index (χ0v) is 11.4. The van der Waals surface area contributed by atoms with Crippen LogP contribution in [0.2, 0.25) is 0 Å². The number of amides is 1. The number of hydrogen-bond acceptors (Lipinski definition) is 4. The second kappa shape index (κ2) is 4.69. The number of nitrogens with one attached hydrogen (secondary N) is 1. The van der Waals surface area contributed by atoms with E-state index in [-0.39, 0.29) is 29.7 Å². The van der Waals surface area contributed by atoms with E-state index in [1.54, 1.807) is 0 Å². The Morgan fingerprint density at radius 2 is 2.13 bits per heavy atom. The number of H-pyrrole nitrogens is 1. The maximum atomic E-state index is 12.9. The first-order valence-electron chi connectivity index (χ1n) is 6.46. The van der Waals surface area contributed by atoms with Crippen LogP contribution in [-0.4, -0.2) is 44.2 Å². The van der Waals surface area contributed by atoms with Crippen LogP contribution in [0.3, 0.4) is 0 Å². The molecule has 1 aliphatic heterocycles. The Balaban J connectivity index is 2.05. The van der Waals surface area contributed by atoms with E-state index in [1.165, 1.54) is 0 Å². The molecule has 1 amide bonds. The molecule has 0 radical (unpaired) electrons. The molecule has 0 unspecified atom stereocenters. The molecule has 10 heteroatoms. The van der Waals surface area contributed by atoms with E-state index >= 15 is 0 Å². The largest absolute Gasteiger partial charge is 0.479 e. The van der Waals surface area contributed by atoms with Crippen LogP contribution in [-0.2, 0) is 15.8 Å². The Morgan fingerprint density at radius 3 is 2.70 bits per heavy atom. The molecule has 3 rings (SSSR count). The summed E-state index contributed by atoms with van der Waals surface area (Å²) in [5, 5.41) is 18.5. The van der Waals surface area contributed by atoms with Crippen LogP contribution in [0.4, 0.5) is 18.9 Å². The summed E-state index contributed by atoms with van der Waals surface area (Å²) >= 11 is 0. The van der Waals surface area contributed by atoms with Gasteiger partial charge in [0, 0.05) is 24.5 Å². The Bertz CT molecular complexity index is 816. The molecule has 0 spiro atoms. The van der Waals surface area contributed by atoms with Crippen LogP contribution in [0.5, 0.6) is 0 Å². The van der Waals surface area contributed by atoms with Gasteiger partial charge in [0.1, 0.15) is 5.65 Å². The number of halogens is 3. The van der Waals surface area contributed by atoms with Gasteiger partial charge in [-0.1, -0.05) is 0 Å². The lowest BCUT2D eigenvalue weighted by Crippen LogP contribution is -2.46. The highest BCUT2D eigenvalue weighted by Crippen LogP contribution is 2.36. The number of hydrogen-bond donors (Lipinski definition) is 3. The highest BCUT2D eigenvalue weighted by atomic mass is 19.4. The Kier molecular flexibility index (Phi) is 3.11. The van der Waals surface area contributed by atoms with E-state index in [0.29, 0.717) is 0 Å². The molecule has 1 fully saturated rings. The highest BCUT2D eigenvalue weighted by Gasteiger charge is 2.52. The van der Waals surface area contributed by atoms with Crippen LogP contribution in [0, 0.1) is 0 Å². The van der Waals surface area contributed by atoms with Crippen molar-refractivity contribution in [2.75, 3.05) is 11.4 Å². The summed E-state index contributed by atoms with van der Waals surface area (Å²) in [6.45, 7) is -0.138. The molecule has 0 saturated carbocycles. The number of nitrogens with zero attached hydrogens (tertiary/aromatic N) is 2. The molecule has 3 heterocycles. The quantitative estimate of drug-likeness (QED) is 0.716. The number of aromatic nitrogens is 2. The van der Waals surface area contributed by atoms with E-state index in [0.717, 1.165) is 23.4 Å². The third-order valence-electron chi connectivity index (χ3n) is 3.78. The van der Waals surface area contributed by atoms with Gasteiger partial charge >= 0.3 is 12.1 Å². The van der Waals surface area contributed by atoms with E-state index in [4.69, 9.17) is 5.11 Å². The number of aliphatic carboxylic acids is 1. The fourth-order valence-corrected chi connectivity index (χ4v) is 2.52. The second-order valence-corrected chi connectivity index (χ2v) is 5.16. The van der Waals surface area contributed by atoms with Gasteiger partial charge in [-0.2, -0.15) is 13.2 Å². The molecule has 2 aromatic rings. The van der Waals surface area contributed by atoms with Crippen molar-refractivity contribution in [3.05, 3.63) is 24.0 Å². The number of carboxylic acid groups (broad SMARTS) is 1. The maximum Gasteiger partial charge on any atom is 0.418 e. The topological polar surface area (TPSA) is 107 Å². The lowest BCUT2D eigenvalue weighted by Gasteiger charge is -2.18. The van der Waals surface area contributed by atoms with Crippen molar-refractivity contribution in [1.29, 1.82) is 0 Å². The van der Waals surface area contributed by atoms with Crippen molar-refractivity contribution in [2.45, 2.75) is 18.2 Å². The molecule has 122 valence electrons. The summed E-state index contributed by atoms with van der Waals surface area (Å²) in [6.07, 6.45) is -3.06. The van der Waals surface area contributed by atoms with E-state index in [2.05, 4.69) is 9.97 Å². The van der Waals surface area contributed by atoms with Crippen molar-refractivity contribution in [1.82, 2.24) is 9.97 Å². The zero-order valence-electron chi connectivity index (χ0n) is 11.4. The van der Waals surface area contributed by atoms with Gasteiger partial charge in [-0.05, 0) is 6.07 Å².